The minimum Gasteiger partial charge on any atom is -0.487 e. The van der Waals surface area contributed by atoms with E-state index in [-0.39, 0.29) is 35.6 Å². The molecule has 3 atom stereocenters. The van der Waals surface area contributed by atoms with Gasteiger partial charge in [-0.2, -0.15) is 4.31 Å². The Balaban J connectivity index is 2.06. The molecule has 0 bridgehead atoms. The fourth-order valence-corrected chi connectivity index (χ4v) is 5.54. The summed E-state index contributed by atoms with van der Waals surface area (Å²) in [6.45, 7) is 5.27. The topological polar surface area (TPSA) is 87.2 Å². The third kappa shape index (κ3) is 5.82. The highest BCUT2D eigenvalue weighted by molar-refractivity contribution is 7.89. The summed E-state index contributed by atoms with van der Waals surface area (Å²) in [4.78, 5) is 13.5. The highest BCUT2D eigenvalue weighted by Gasteiger charge is 2.38. The molecule has 1 aliphatic heterocycles. The van der Waals surface area contributed by atoms with Gasteiger partial charge in [0.1, 0.15) is 16.7 Å². The van der Waals surface area contributed by atoms with Gasteiger partial charge < -0.3 is 14.7 Å². The summed E-state index contributed by atoms with van der Waals surface area (Å²) >= 11 is 0. The van der Waals surface area contributed by atoms with Crippen molar-refractivity contribution < 1.29 is 23.1 Å². The molecule has 2 aromatic carbocycles. The second-order valence-corrected chi connectivity index (χ2v) is 10.4. The molecule has 0 aliphatic carbocycles. The second-order valence-electron chi connectivity index (χ2n) is 8.59. The van der Waals surface area contributed by atoms with E-state index in [9.17, 15) is 18.3 Å². The monoisotopic (exact) mass is 472 g/mol. The molecular weight excluding hydrogens is 440 g/mol. The van der Waals surface area contributed by atoms with Crippen molar-refractivity contribution in [3.63, 3.8) is 0 Å². The predicted molar refractivity (Wildman–Crippen MR) is 129 cm³/mol. The number of aliphatic hydroxyl groups excluding tert-OH is 1. The number of carbonyl (C=O) groups is 1. The number of ether oxygens (including phenoxy) is 1. The molecule has 2 aromatic rings. The Kier molecular flexibility index (Phi) is 7.94. The van der Waals surface area contributed by atoms with Crippen LogP contribution < -0.4 is 4.74 Å². The lowest BCUT2D eigenvalue weighted by Crippen LogP contribution is -2.50. The van der Waals surface area contributed by atoms with Gasteiger partial charge in [0, 0.05) is 32.5 Å². The van der Waals surface area contributed by atoms with Gasteiger partial charge >= 0.3 is 0 Å². The zero-order valence-corrected chi connectivity index (χ0v) is 20.3. The number of rotatable bonds is 6. The van der Waals surface area contributed by atoms with E-state index in [4.69, 9.17) is 4.74 Å². The summed E-state index contributed by atoms with van der Waals surface area (Å²) in [5.74, 6) is -0.0677. The minimum atomic E-state index is -3.90. The first-order valence-electron chi connectivity index (χ1n) is 11.0. The molecule has 8 heteroatoms. The Hall–Kier alpha value is -2.68. The number of benzene rings is 2. The van der Waals surface area contributed by atoms with Crippen LogP contribution in [0.4, 0.5) is 0 Å². The number of nitrogens with zero attached hydrogens (tertiary/aromatic N) is 2. The Labute approximate surface area is 196 Å². The quantitative estimate of drug-likeness (QED) is 0.653. The van der Waals surface area contributed by atoms with E-state index in [1.54, 1.807) is 37.1 Å². The fourth-order valence-electron chi connectivity index (χ4n) is 3.72. The number of aliphatic hydroxyl groups is 1. The Bertz CT molecular complexity index is 1100. The van der Waals surface area contributed by atoms with Crippen molar-refractivity contribution in [1.29, 1.82) is 0 Å². The van der Waals surface area contributed by atoms with Crippen molar-refractivity contribution in [2.75, 3.05) is 26.7 Å². The molecule has 0 radical (unpaired) electrons. The lowest BCUT2D eigenvalue weighted by molar-refractivity contribution is -0.129. The first-order chi connectivity index (χ1) is 15.6. The van der Waals surface area contributed by atoms with Gasteiger partial charge in [0.15, 0.2) is 0 Å². The molecule has 0 unspecified atom stereocenters. The van der Waals surface area contributed by atoms with Crippen LogP contribution in [0, 0.1) is 5.92 Å². The molecule has 0 aromatic heterocycles. The Morgan fingerprint density at radius 1 is 1.21 bits per heavy atom. The van der Waals surface area contributed by atoms with Crippen molar-refractivity contribution in [3.05, 3.63) is 59.7 Å². The average Bonchev–Trinajstić information content (AvgIpc) is 2.79. The first kappa shape index (κ1) is 25.0. The number of amides is 1. The predicted octanol–water partition coefficient (Wildman–Crippen LogP) is 3.10. The van der Waals surface area contributed by atoms with E-state index in [0.29, 0.717) is 6.54 Å². The van der Waals surface area contributed by atoms with Gasteiger partial charge in [0.05, 0.1) is 13.2 Å². The second kappa shape index (κ2) is 10.5. The van der Waals surface area contributed by atoms with Crippen molar-refractivity contribution in [1.82, 2.24) is 9.21 Å². The standard InChI is InChI=1S/C25H32N2O5S/c1-18-15-27(19(2)17-28)33(30,31)25-13-12-22(11-10-21-8-6-5-7-9-21)14-23(25)32-24(18)16-26(4)20(3)29/h5-14,18-19,24,28H,15-17H2,1-4H3/b11-10+/t18-,19+,24-/m1/s1. The van der Waals surface area contributed by atoms with Gasteiger partial charge in [-0.3, -0.25) is 4.79 Å². The maximum atomic E-state index is 13.5. The van der Waals surface area contributed by atoms with Crippen LogP contribution in [0.15, 0.2) is 53.4 Å². The molecule has 0 fully saturated rings. The molecule has 178 valence electrons. The molecule has 1 heterocycles. The number of fused-ring (bicyclic) bond motifs is 1. The third-order valence-electron chi connectivity index (χ3n) is 5.95. The van der Waals surface area contributed by atoms with E-state index in [1.807, 2.05) is 49.4 Å². The van der Waals surface area contributed by atoms with Gasteiger partial charge in [-0.25, -0.2) is 8.42 Å². The van der Waals surface area contributed by atoms with Gasteiger partial charge in [-0.15, -0.1) is 0 Å². The fraction of sp³-hybridized carbons (Fsp3) is 0.400. The molecule has 1 N–H and O–H groups in total. The lowest BCUT2D eigenvalue weighted by Gasteiger charge is -2.37. The van der Waals surface area contributed by atoms with Crippen LogP contribution in [0.2, 0.25) is 0 Å². The normalized spacial score (nSPS) is 21.5. The molecule has 33 heavy (non-hydrogen) atoms. The summed E-state index contributed by atoms with van der Waals surface area (Å²) in [5.41, 5.74) is 1.82. The van der Waals surface area contributed by atoms with Crippen LogP contribution in [0.5, 0.6) is 5.75 Å². The van der Waals surface area contributed by atoms with Crippen LogP contribution in [-0.2, 0) is 14.8 Å². The highest BCUT2D eigenvalue weighted by atomic mass is 32.2. The van der Waals surface area contributed by atoms with E-state index in [0.717, 1.165) is 11.1 Å². The number of likely N-dealkylation sites (N-methyl/N-ethyl adjacent to an activating group) is 1. The van der Waals surface area contributed by atoms with E-state index < -0.39 is 22.2 Å². The number of carbonyl (C=O) groups excluding carboxylic acids is 1. The summed E-state index contributed by atoms with van der Waals surface area (Å²) in [5, 5.41) is 9.72. The molecule has 1 aliphatic rings. The minimum absolute atomic E-state index is 0.0574. The maximum Gasteiger partial charge on any atom is 0.247 e. The summed E-state index contributed by atoms with van der Waals surface area (Å²) in [7, 11) is -2.20. The average molecular weight is 473 g/mol. The smallest absolute Gasteiger partial charge is 0.247 e. The van der Waals surface area contributed by atoms with Crippen LogP contribution in [0.25, 0.3) is 12.2 Å². The molecule has 7 nitrogen and oxygen atoms in total. The highest BCUT2D eigenvalue weighted by Crippen LogP contribution is 2.34. The van der Waals surface area contributed by atoms with Gasteiger partial charge in [0.25, 0.3) is 0 Å². The maximum absolute atomic E-state index is 13.5. The van der Waals surface area contributed by atoms with Crippen LogP contribution >= 0.6 is 0 Å². The summed E-state index contributed by atoms with van der Waals surface area (Å²) in [6, 6.07) is 14.2. The van der Waals surface area contributed by atoms with Crippen LogP contribution in [-0.4, -0.2) is 67.5 Å². The Morgan fingerprint density at radius 2 is 1.88 bits per heavy atom. The molecule has 0 saturated carbocycles. The van der Waals surface area contributed by atoms with Gasteiger partial charge in [-0.1, -0.05) is 55.5 Å². The molecular formula is C25H32N2O5S. The zero-order chi connectivity index (χ0) is 24.2. The largest absolute Gasteiger partial charge is 0.487 e. The summed E-state index contributed by atoms with van der Waals surface area (Å²) < 4.78 is 34.6. The number of hydrogen-bond acceptors (Lipinski definition) is 5. The molecule has 0 saturated heterocycles. The third-order valence-corrected chi connectivity index (χ3v) is 7.97. The lowest BCUT2D eigenvalue weighted by atomic mass is 10.0. The number of sulfonamides is 1. The van der Waals surface area contributed by atoms with Crippen molar-refractivity contribution in [2.45, 2.75) is 37.8 Å². The molecule has 1 amide bonds. The first-order valence-corrected chi connectivity index (χ1v) is 12.5. The SMILES string of the molecule is CC(=O)N(C)C[C@H]1Oc2cc(/C=C/c3ccccc3)ccc2S(=O)(=O)N([C@@H](C)CO)C[C@H]1C. The van der Waals surface area contributed by atoms with E-state index in [2.05, 4.69) is 0 Å². The van der Waals surface area contributed by atoms with Gasteiger partial charge in [-0.05, 0) is 30.2 Å². The molecule has 3 rings (SSSR count). The summed E-state index contributed by atoms with van der Waals surface area (Å²) in [6.07, 6.45) is 3.43. The molecule has 0 spiro atoms. The van der Waals surface area contributed by atoms with E-state index >= 15 is 0 Å². The zero-order valence-electron chi connectivity index (χ0n) is 19.5. The Morgan fingerprint density at radius 3 is 2.52 bits per heavy atom. The van der Waals surface area contributed by atoms with Crippen molar-refractivity contribution in [2.24, 2.45) is 5.92 Å². The van der Waals surface area contributed by atoms with Crippen molar-refractivity contribution >= 4 is 28.1 Å². The van der Waals surface area contributed by atoms with Gasteiger partial charge in [0.2, 0.25) is 15.9 Å². The van der Waals surface area contributed by atoms with Crippen molar-refractivity contribution in [3.8, 4) is 5.75 Å². The number of hydrogen-bond donors (Lipinski definition) is 1. The van der Waals surface area contributed by atoms with Crippen LogP contribution in [0.1, 0.15) is 31.9 Å². The van der Waals surface area contributed by atoms with E-state index in [1.165, 1.54) is 11.2 Å². The van der Waals surface area contributed by atoms with Crippen LogP contribution in [0.3, 0.4) is 0 Å².